The van der Waals surface area contributed by atoms with Gasteiger partial charge in [0.1, 0.15) is 16.7 Å². The second-order valence-electron chi connectivity index (χ2n) is 9.79. The van der Waals surface area contributed by atoms with Crippen LogP contribution >= 0.6 is 0 Å². The van der Waals surface area contributed by atoms with Gasteiger partial charge in [-0.3, -0.25) is 9.88 Å². The highest BCUT2D eigenvalue weighted by atomic mass is 32.2. The summed E-state index contributed by atoms with van der Waals surface area (Å²) in [6.45, 7) is 7.01. The first-order chi connectivity index (χ1) is 17.2. The van der Waals surface area contributed by atoms with E-state index in [9.17, 15) is 13.5 Å². The number of nitrogens with zero attached hydrogens (tertiary/aromatic N) is 3. The Morgan fingerprint density at radius 1 is 1.14 bits per heavy atom. The molecule has 0 amide bonds. The van der Waals surface area contributed by atoms with Crippen molar-refractivity contribution in [2.75, 3.05) is 26.7 Å². The molecule has 0 spiro atoms. The van der Waals surface area contributed by atoms with Gasteiger partial charge in [0.2, 0.25) is 10.0 Å². The van der Waals surface area contributed by atoms with Gasteiger partial charge in [-0.15, -0.1) is 0 Å². The molecular weight excluding hydrogens is 474 g/mol. The van der Waals surface area contributed by atoms with Crippen molar-refractivity contribution in [1.82, 2.24) is 14.2 Å². The van der Waals surface area contributed by atoms with Crippen LogP contribution in [0.4, 0.5) is 0 Å². The molecule has 0 saturated carbocycles. The molecule has 2 aromatic carbocycles. The Morgan fingerprint density at radius 3 is 2.53 bits per heavy atom. The zero-order valence-corrected chi connectivity index (χ0v) is 22.1. The number of aliphatic hydroxyl groups is 1. The normalized spacial score (nSPS) is 20.7. The lowest BCUT2D eigenvalue weighted by molar-refractivity contribution is 0.0731. The monoisotopic (exact) mass is 509 g/mol. The predicted octanol–water partition coefficient (Wildman–Crippen LogP) is 3.96. The van der Waals surface area contributed by atoms with E-state index < -0.39 is 16.1 Å². The Hall–Kier alpha value is -2.78. The van der Waals surface area contributed by atoms with Gasteiger partial charge in [0.25, 0.3) is 0 Å². The molecule has 1 aromatic heterocycles. The zero-order valence-electron chi connectivity index (χ0n) is 21.3. The summed E-state index contributed by atoms with van der Waals surface area (Å²) in [5.74, 6) is 0.224. The van der Waals surface area contributed by atoms with Crippen LogP contribution in [0.2, 0.25) is 0 Å². The molecule has 4 rings (SSSR count). The van der Waals surface area contributed by atoms with E-state index in [1.807, 2.05) is 75.5 Å². The molecule has 0 unspecified atom stereocenters. The molecule has 0 fully saturated rings. The van der Waals surface area contributed by atoms with Crippen LogP contribution in [0.5, 0.6) is 5.75 Å². The van der Waals surface area contributed by atoms with Crippen molar-refractivity contribution in [3.63, 3.8) is 0 Å². The Labute approximate surface area is 214 Å². The lowest BCUT2D eigenvalue weighted by Crippen LogP contribution is -2.49. The van der Waals surface area contributed by atoms with Crippen LogP contribution in [0.1, 0.15) is 25.1 Å². The summed E-state index contributed by atoms with van der Waals surface area (Å²) in [5.41, 5.74) is 3.99. The highest BCUT2D eigenvalue weighted by molar-refractivity contribution is 7.89. The average Bonchev–Trinajstić information content (AvgIpc) is 2.86. The molecule has 0 radical (unpaired) electrons. The lowest BCUT2D eigenvalue weighted by atomic mass is 10.0. The van der Waals surface area contributed by atoms with Gasteiger partial charge in [0, 0.05) is 37.8 Å². The van der Waals surface area contributed by atoms with E-state index in [2.05, 4.69) is 9.88 Å². The number of likely N-dealkylation sites (N-methyl/N-ethyl adjacent to an activating group) is 1. The summed E-state index contributed by atoms with van der Waals surface area (Å²) in [4.78, 5) is 6.69. The highest BCUT2D eigenvalue weighted by Gasteiger charge is 2.38. The molecule has 2 heterocycles. The molecule has 0 bridgehead atoms. The third kappa shape index (κ3) is 5.78. The number of hydrogen-bond acceptors (Lipinski definition) is 6. The van der Waals surface area contributed by atoms with E-state index in [0.717, 1.165) is 22.4 Å². The van der Waals surface area contributed by atoms with Gasteiger partial charge < -0.3 is 9.84 Å². The van der Waals surface area contributed by atoms with E-state index in [1.165, 1.54) is 4.31 Å². The first-order valence-electron chi connectivity index (χ1n) is 12.3. The second-order valence-corrected chi connectivity index (χ2v) is 11.6. The second kappa shape index (κ2) is 11.1. The third-order valence-corrected chi connectivity index (χ3v) is 8.72. The van der Waals surface area contributed by atoms with Gasteiger partial charge in [0.05, 0.1) is 12.3 Å². The van der Waals surface area contributed by atoms with Crippen molar-refractivity contribution in [2.45, 2.75) is 44.4 Å². The molecule has 1 aliphatic heterocycles. The van der Waals surface area contributed by atoms with Crippen molar-refractivity contribution in [3.05, 3.63) is 78.1 Å². The topological polar surface area (TPSA) is 83.0 Å². The number of hydrogen-bond donors (Lipinski definition) is 1. The van der Waals surface area contributed by atoms with Crippen LogP contribution in [0.25, 0.3) is 11.1 Å². The summed E-state index contributed by atoms with van der Waals surface area (Å²) in [6, 6.07) is 18.7. The molecule has 0 aliphatic carbocycles. The molecule has 8 heteroatoms. The number of fused-ring (bicyclic) bond motifs is 1. The van der Waals surface area contributed by atoms with E-state index in [0.29, 0.717) is 18.8 Å². The van der Waals surface area contributed by atoms with Crippen molar-refractivity contribution in [2.24, 2.45) is 5.92 Å². The molecule has 3 aromatic rings. The van der Waals surface area contributed by atoms with Crippen LogP contribution in [0.15, 0.2) is 71.8 Å². The van der Waals surface area contributed by atoms with Crippen LogP contribution < -0.4 is 4.74 Å². The molecule has 1 N–H and O–H groups in total. The van der Waals surface area contributed by atoms with Crippen molar-refractivity contribution in [3.8, 4) is 16.9 Å². The molecule has 0 saturated heterocycles. The number of aromatic nitrogens is 1. The summed E-state index contributed by atoms with van der Waals surface area (Å²) >= 11 is 0. The maximum Gasteiger partial charge on any atom is 0.247 e. The molecule has 3 atom stereocenters. The van der Waals surface area contributed by atoms with Crippen molar-refractivity contribution in [1.29, 1.82) is 0 Å². The third-order valence-electron chi connectivity index (χ3n) is 6.70. The van der Waals surface area contributed by atoms with Crippen LogP contribution in [-0.2, 0) is 16.6 Å². The number of benzene rings is 2. The molecule has 1 aliphatic rings. The molecule has 36 heavy (non-hydrogen) atoms. The van der Waals surface area contributed by atoms with Crippen molar-refractivity contribution < 1.29 is 18.3 Å². The quantitative estimate of drug-likeness (QED) is 0.519. The first-order valence-corrected chi connectivity index (χ1v) is 13.7. The maximum absolute atomic E-state index is 13.7. The highest BCUT2D eigenvalue weighted by Crippen LogP contribution is 2.36. The Bertz CT molecular complexity index is 1270. The number of ether oxygens (including phenoxy) is 1. The maximum atomic E-state index is 13.7. The fourth-order valence-electron chi connectivity index (χ4n) is 4.51. The van der Waals surface area contributed by atoms with E-state index in [1.54, 1.807) is 19.2 Å². The Morgan fingerprint density at radius 2 is 1.86 bits per heavy atom. The van der Waals surface area contributed by atoms with Gasteiger partial charge in [-0.2, -0.15) is 4.31 Å². The predicted molar refractivity (Wildman–Crippen MR) is 141 cm³/mol. The van der Waals surface area contributed by atoms with Crippen molar-refractivity contribution >= 4 is 10.0 Å². The minimum atomic E-state index is -3.87. The Kier molecular flexibility index (Phi) is 8.10. The standard InChI is InChI=1S/C28H35N3O4S/c1-20-8-10-23(11-9-20)24-12-13-28-26(15-24)35-27(18-30(4)17-25-7-5-6-14-29-25)21(2)16-31(22(3)19-32)36(28,33)34/h5-15,21-22,27,32H,16-19H2,1-4H3/t21-,22+,27+/m0/s1. The Balaban J connectivity index is 1.72. The fraction of sp³-hybridized carbons (Fsp3) is 0.393. The fourth-order valence-corrected chi connectivity index (χ4v) is 6.33. The smallest absolute Gasteiger partial charge is 0.247 e. The summed E-state index contributed by atoms with van der Waals surface area (Å²) in [6.07, 6.45) is 1.51. The minimum Gasteiger partial charge on any atom is -0.487 e. The number of aryl methyl sites for hydroxylation is 1. The van der Waals surface area contributed by atoms with Gasteiger partial charge in [-0.25, -0.2) is 8.42 Å². The number of sulfonamides is 1. The zero-order chi connectivity index (χ0) is 25.9. The SMILES string of the molecule is Cc1ccc(-c2ccc3c(c2)O[C@H](CN(C)Cc2ccccn2)[C@@H](C)CN([C@H](C)CO)S3(=O)=O)cc1. The van der Waals surface area contributed by atoms with Gasteiger partial charge in [-0.05, 0) is 56.3 Å². The van der Waals surface area contributed by atoms with Crippen LogP contribution in [0.3, 0.4) is 0 Å². The molecule has 7 nitrogen and oxygen atoms in total. The number of rotatable bonds is 7. The van der Waals surface area contributed by atoms with E-state index >= 15 is 0 Å². The van der Waals surface area contributed by atoms with Crippen LogP contribution in [0, 0.1) is 12.8 Å². The lowest BCUT2D eigenvalue weighted by Gasteiger charge is -2.37. The van der Waals surface area contributed by atoms with E-state index in [4.69, 9.17) is 4.74 Å². The van der Waals surface area contributed by atoms with Gasteiger partial charge >= 0.3 is 0 Å². The number of aliphatic hydroxyl groups excluding tert-OH is 1. The summed E-state index contributed by atoms with van der Waals surface area (Å²) < 4.78 is 35.3. The van der Waals surface area contributed by atoms with Gasteiger partial charge in [-0.1, -0.05) is 48.9 Å². The minimum absolute atomic E-state index is 0.115. The largest absolute Gasteiger partial charge is 0.487 e. The van der Waals surface area contributed by atoms with E-state index in [-0.39, 0.29) is 30.1 Å². The summed E-state index contributed by atoms with van der Waals surface area (Å²) in [5, 5.41) is 9.85. The van der Waals surface area contributed by atoms with Gasteiger partial charge in [0.15, 0.2) is 0 Å². The van der Waals surface area contributed by atoms with Crippen LogP contribution in [-0.4, -0.2) is 66.6 Å². The molecule has 192 valence electrons. The first kappa shape index (κ1) is 26.3. The summed E-state index contributed by atoms with van der Waals surface area (Å²) in [7, 11) is -1.86. The molecular formula is C28H35N3O4S. The average molecular weight is 510 g/mol. The number of pyridine rings is 1.